The molecule has 108 valence electrons. The first-order chi connectivity index (χ1) is 9.52. The van der Waals surface area contributed by atoms with Gasteiger partial charge >= 0.3 is 0 Å². The Morgan fingerprint density at radius 2 is 2.20 bits per heavy atom. The number of benzene rings is 1. The average Bonchev–Trinajstić information content (AvgIpc) is 2.70. The topological polar surface area (TPSA) is 39.1 Å². The van der Waals surface area contributed by atoms with Crippen molar-refractivity contribution in [1.29, 1.82) is 0 Å². The van der Waals surface area contributed by atoms with Gasteiger partial charge in [0.15, 0.2) is 0 Å². The van der Waals surface area contributed by atoms with Crippen LogP contribution < -0.4 is 10.1 Å². The molecule has 0 aliphatic rings. The smallest absolute Gasteiger partial charge is 0.131 e. The third-order valence-electron chi connectivity index (χ3n) is 3.45. The van der Waals surface area contributed by atoms with E-state index in [4.69, 9.17) is 16.3 Å². The minimum atomic E-state index is 0.209. The zero-order valence-electron chi connectivity index (χ0n) is 12.3. The van der Waals surface area contributed by atoms with Crippen molar-refractivity contribution < 1.29 is 4.74 Å². The number of methoxy groups -OCH3 is 1. The maximum atomic E-state index is 6.23. The molecule has 0 aliphatic heterocycles. The number of nitrogens with one attached hydrogen (secondary N) is 1. The van der Waals surface area contributed by atoms with E-state index in [0.717, 1.165) is 17.0 Å². The van der Waals surface area contributed by atoms with Crippen molar-refractivity contribution in [2.75, 3.05) is 7.11 Å². The summed E-state index contributed by atoms with van der Waals surface area (Å²) in [5.74, 6) is 0.867. The third kappa shape index (κ3) is 3.14. The van der Waals surface area contributed by atoms with Crippen LogP contribution in [0, 0.1) is 6.92 Å². The highest BCUT2D eigenvalue weighted by Gasteiger charge is 2.13. The lowest BCUT2D eigenvalue weighted by atomic mass is 10.1. The van der Waals surface area contributed by atoms with E-state index in [9.17, 15) is 0 Å². The second-order valence-electron chi connectivity index (χ2n) is 4.86. The molecule has 1 aromatic carbocycles. The number of hydrogen-bond donors (Lipinski definition) is 1. The van der Waals surface area contributed by atoms with Crippen LogP contribution in [-0.4, -0.2) is 16.9 Å². The van der Waals surface area contributed by atoms with Gasteiger partial charge in [0, 0.05) is 25.2 Å². The lowest BCUT2D eigenvalue weighted by Gasteiger charge is -2.15. The summed E-state index contributed by atoms with van der Waals surface area (Å²) in [4.78, 5) is 0. The Morgan fingerprint density at radius 3 is 2.80 bits per heavy atom. The lowest BCUT2D eigenvalue weighted by molar-refractivity contribution is 0.413. The molecular formula is C15H20ClN3O. The summed E-state index contributed by atoms with van der Waals surface area (Å²) < 4.78 is 6.95. The molecule has 1 aromatic heterocycles. The molecule has 0 bridgehead atoms. The van der Waals surface area contributed by atoms with Crippen LogP contribution in [0.3, 0.4) is 0 Å². The van der Waals surface area contributed by atoms with E-state index in [2.05, 4.69) is 23.4 Å². The van der Waals surface area contributed by atoms with E-state index in [1.54, 1.807) is 11.8 Å². The molecule has 1 N–H and O–H groups in total. The summed E-state index contributed by atoms with van der Waals surface area (Å²) in [6.07, 6.45) is 0. The second-order valence-corrected chi connectivity index (χ2v) is 5.22. The van der Waals surface area contributed by atoms with Gasteiger partial charge in [-0.1, -0.05) is 23.7 Å². The number of aryl methyl sites for hydroxylation is 2. The Bertz CT molecular complexity index is 595. The fraction of sp³-hybridized carbons (Fsp3) is 0.400. The van der Waals surface area contributed by atoms with E-state index in [0.29, 0.717) is 11.7 Å². The van der Waals surface area contributed by atoms with Crippen LogP contribution in [0.1, 0.15) is 29.8 Å². The highest BCUT2D eigenvalue weighted by atomic mass is 35.5. The van der Waals surface area contributed by atoms with E-state index in [1.807, 2.05) is 32.2 Å². The van der Waals surface area contributed by atoms with E-state index < -0.39 is 0 Å². The predicted octanol–water partition coefficient (Wildman–Crippen LogP) is 3.24. The summed E-state index contributed by atoms with van der Waals surface area (Å²) in [5.41, 5.74) is 3.19. The van der Waals surface area contributed by atoms with Crippen molar-refractivity contribution in [2.45, 2.75) is 26.4 Å². The average molecular weight is 294 g/mol. The van der Waals surface area contributed by atoms with Gasteiger partial charge in [0.2, 0.25) is 0 Å². The van der Waals surface area contributed by atoms with E-state index in [1.165, 1.54) is 5.56 Å². The Hall–Kier alpha value is -1.52. The third-order valence-corrected chi connectivity index (χ3v) is 3.92. The van der Waals surface area contributed by atoms with Gasteiger partial charge in [-0.15, -0.1) is 0 Å². The molecule has 2 aromatic rings. The number of nitrogens with zero attached hydrogens (tertiary/aromatic N) is 2. The fourth-order valence-corrected chi connectivity index (χ4v) is 2.40. The SMILES string of the molecule is COc1cccc([C@H](C)NCc2c(C)nn(C)c2Cl)c1. The molecule has 4 nitrogen and oxygen atoms in total. The first-order valence-electron chi connectivity index (χ1n) is 6.58. The zero-order valence-corrected chi connectivity index (χ0v) is 13.0. The molecule has 0 amide bonds. The van der Waals surface area contributed by atoms with Crippen molar-refractivity contribution >= 4 is 11.6 Å². The highest BCUT2D eigenvalue weighted by Crippen LogP contribution is 2.22. The molecule has 2 rings (SSSR count). The highest BCUT2D eigenvalue weighted by molar-refractivity contribution is 6.30. The van der Waals surface area contributed by atoms with Crippen molar-refractivity contribution in [3.05, 3.63) is 46.2 Å². The van der Waals surface area contributed by atoms with Gasteiger partial charge in [0.25, 0.3) is 0 Å². The minimum Gasteiger partial charge on any atom is -0.497 e. The van der Waals surface area contributed by atoms with Crippen LogP contribution in [-0.2, 0) is 13.6 Å². The Kier molecular flexibility index (Phi) is 4.68. The lowest BCUT2D eigenvalue weighted by Crippen LogP contribution is -2.18. The number of rotatable bonds is 5. The van der Waals surface area contributed by atoms with E-state index >= 15 is 0 Å². The summed E-state index contributed by atoms with van der Waals surface area (Å²) in [5, 5.41) is 8.47. The monoisotopic (exact) mass is 293 g/mol. The summed E-state index contributed by atoms with van der Waals surface area (Å²) in [6.45, 7) is 4.78. The normalized spacial score (nSPS) is 12.4. The first kappa shape index (κ1) is 14.9. The number of ether oxygens (including phenoxy) is 1. The molecule has 5 heteroatoms. The molecule has 0 unspecified atom stereocenters. The molecule has 0 fully saturated rings. The minimum absolute atomic E-state index is 0.209. The van der Waals surface area contributed by atoms with Crippen molar-refractivity contribution in [1.82, 2.24) is 15.1 Å². The Labute approximate surface area is 124 Å². The van der Waals surface area contributed by atoms with Gasteiger partial charge in [-0.25, -0.2) is 0 Å². The molecule has 0 saturated carbocycles. The molecule has 0 saturated heterocycles. The van der Waals surface area contributed by atoms with Gasteiger partial charge < -0.3 is 10.1 Å². The summed E-state index contributed by atoms with van der Waals surface area (Å²) in [7, 11) is 3.53. The number of aromatic nitrogens is 2. The van der Waals surface area contributed by atoms with Crippen molar-refractivity contribution in [3.63, 3.8) is 0 Å². The Morgan fingerprint density at radius 1 is 1.45 bits per heavy atom. The van der Waals surface area contributed by atoms with Crippen molar-refractivity contribution in [2.24, 2.45) is 7.05 Å². The summed E-state index contributed by atoms with van der Waals surface area (Å²) in [6, 6.07) is 8.26. The molecule has 0 radical (unpaired) electrons. The summed E-state index contributed by atoms with van der Waals surface area (Å²) >= 11 is 6.23. The fourth-order valence-electron chi connectivity index (χ4n) is 2.16. The largest absolute Gasteiger partial charge is 0.497 e. The Balaban J connectivity index is 2.06. The maximum Gasteiger partial charge on any atom is 0.131 e. The number of hydrogen-bond acceptors (Lipinski definition) is 3. The van der Waals surface area contributed by atoms with Gasteiger partial charge in [-0.2, -0.15) is 5.10 Å². The van der Waals surface area contributed by atoms with Gasteiger partial charge in [-0.3, -0.25) is 4.68 Å². The molecule has 0 spiro atoms. The molecule has 1 heterocycles. The van der Waals surface area contributed by atoms with Crippen LogP contribution in [0.25, 0.3) is 0 Å². The van der Waals surface area contributed by atoms with Crippen LogP contribution in [0.4, 0.5) is 0 Å². The first-order valence-corrected chi connectivity index (χ1v) is 6.96. The molecule has 1 atom stereocenters. The van der Waals surface area contributed by atoms with Gasteiger partial charge in [-0.05, 0) is 31.5 Å². The van der Waals surface area contributed by atoms with Crippen molar-refractivity contribution in [3.8, 4) is 5.75 Å². The van der Waals surface area contributed by atoms with Gasteiger partial charge in [0.1, 0.15) is 10.9 Å². The van der Waals surface area contributed by atoms with Gasteiger partial charge in [0.05, 0.1) is 12.8 Å². The molecule has 0 aliphatic carbocycles. The molecule has 20 heavy (non-hydrogen) atoms. The zero-order chi connectivity index (χ0) is 14.7. The van der Waals surface area contributed by atoms with Crippen LogP contribution in [0.15, 0.2) is 24.3 Å². The van der Waals surface area contributed by atoms with Crippen LogP contribution >= 0.6 is 11.6 Å². The van der Waals surface area contributed by atoms with Crippen LogP contribution in [0.5, 0.6) is 5.75 Å². The predicted molar refractivity (Wildman–Crippen MR) is 81.2 cm³/mol. The van der Waals surface area contributed by atoms with E-state index in [-0.39, 0.29) is 6.04 Å². The standard InChI is InChI=1S/C15H20ClN3O/c1-10(12-6-5-7-13(8-12)20-4)17-9-14-11(2)18-19(3)15(14)16/h5-8,10,17H,9H2,1-4H3/t10-/m0/s1. The maximum absolute atomic E-state index is 6.23. The molecular weight excluding hydrogens is 274 g/mol. The second kappa shape index (κ2) is 6.29. The van der Waals surface area contributed by atoms with Crippen LogP contribution in [0.2, 0.25) is 5.15 Å². The number of halogens is 1. The quantitative estimate of drug-likeness (QED) is 0.920.